The van der Waals surface area contributed by atoms with Gasteiger partial charge in [-0.25, -0.2) is 0 Å². The second kappa shape index (κ2) is 7.46. The van der Waals surface area contributed by atoms with Crippen LogP contribution in [0, 0.1) is 11.8 Å². The molecule has 1 aliphatic heterocycles. The number of aliphatic hydroxyl groups is 2. The number of carbonyl (C=O) groups excluding carboxylic acids is 1. The molecule has 2 bridgehead atoms. The molecule has 0 spiro atoms. The molecule has 4 N–H and O–H groups in total. The molecule has 6 nitrogen and oxygen atoms in total. The highest BCUT2D eigenvalue weighted by atomic mass is 16.3. The molecule has 5 rings (SSSR count). The summed E-state index contributed by atoms with van der Waals surface area (Å²) in [6, 6.07) is 5.04. The van der Waals surface area contributed by atoms with Gasteiger partial charge in [0.1, 0.15) is 5.75 Å². The number of rotatable bonds is 5. The predicted octanol–water partition coefficient (Wildman–Crippen LogP) is 2.09. The first-order valence-corrected chi connectivity index (χ1v) is 12.0. The highest BCUT2D eigenvalue weighted by Gasteiger charge is 2.66. The summed E-state index contributed by atoms with van der Waals surface area (Å²) in [7, 11) is 0. The van der Waals surface area contributed by atoms with E-state index < -0.39 is 23.2 Å². The number of benzene rings is 1. The van der Waals surface area contributed by atoms with Gasteiger partial charge >= 0.3 is 0 Å². The Morgan fingerprint density at radius 1 is 1.29 bits per heavy atom. The molecule has 1 heterocycles. The van der Waals surface area contributed by atoms with Crippen molar-refractivity contribution in [3.8, 4) is 5.75 Å². The molecule has 1 aromatic carbocycles. The Hall–Kier alpha value is -1.63. The minimum absolute atomic E-state index is 0.0316. The van der Waals surface area contributed by atoms with Crippen LogP contribution >= 0.6 is 0 Å². The SMILES string of the molecule is CC(C)CC(=O)N[C@H]1C[C@@]2(O)[C@H]3Cc4ccc(O)cc4C2(CCN3CC2CC2)C[C@H]1O. The molecule has 170 valence electrons. The van der Waals surface area contributed by atoms with Gasteiger partial charge in [0.15, 0.2) is 0 Å². The van der Waals surface area contributed by atoms with Gasteiger partial charge in [0.2, 0.25) is 5.91 Å². The molecule has 3 fully saturated rings. The van der Waals surface area contributed by atoms with Crippen molar-refractivity contribution in [2.75, 3.05) is 13.1 Å². The zero-order chi connectivity index (χ0) is 22.0. The Kier molecular flexibility index (Phi) is 5.11. The number of carbonyl (C=O) groups is 1. The van der Waals surface area contributed by atoms with Crippen LogP contribution in [0.5, 0.6) is 5.75 Å². The number of aromatic hydroxyl groups is 1. The maximum absolute atomic E-state index is 12.5. The Morgan fingerprint density at radius 2 is 2.06 bits per heavy atom. The van der Waals surface area contributed by atoms with Crippen molar-refractivity contribution in [3.63, 3.8) is 0 Å². The summed E-state index contributed by atoms with van der Waals surface area (Å²) in [4.78, 5) is 15.0. The normalized spacial score (nSPS) is 37.3. The zero-order valence-corrected chi connectivity index (χ0v) is 18.7. The quantitative estimate of drug-likeness (QED) is 0.576. The van der Waals surface area contributed by atoms with Gasteiger partial charge in [-0.15, -0.1) is 0 Å². The monoisotopic (exact) mass is 428 g/mol. The van der Waals surface area contributed by atoms with E-state index in [0.717, 1.165) is 37.4 Å². The molecule has 31 heavy (non-hydrogen) atoms. The number of phenolic OH excluding ortho intramolecular Hbond substituents is 1. The number of fused-ring (bicyclic) bond motifs is 1. The summed E-state index contributed by atoms with van der Waals surface area (Å²) in [6.07, 6.45) is 4.48. The first-order valence-electron chi connectivity index (χ1n) is 12.0. The Bertz CT molecular complexity index is 869. The molecule has 1 amide bonds. The van der Waals surface area contributed by atoms with Crippen molar-refractivity contribution >= 4 is 5.91 Å². The van der Waals surface area contributed by atoms with E-state index in [-0.39, 0.29) is 23.6 Å². The lowest BCUT2D eigenvalue weighted by Gasteiger charge is -2.65. The van der Waals surface area contributed by atoms with Crippen LogP contribution in [0.3, 0.4) is 0 Å². The fraction of sp³-hybridized carbons (Fsp3) is 0.720. The van der Waals surface area contributed by atoms with Crippen LogP contribution in [0.1, 0.15) is 63.5 Å². The third kappa shape index (κ3) is 3.47. The van der Waals surface area contributed by atoms with Gasteiger partial charge in [-0.3, -0.25) is 9.69 Å². The maximum atomic E-state index is 12.5. The summed E-state index contributed by atoms with van der Waals surface area (Å²) >= 11 is 0. The fourth-order valence-electron chi connectivity index (χ4n) is 6.71. The average molecular weight is 429 g/mol. The van der Waals surface area contributed by atoms with Crippen LogP contribution < -0.4 is 5.32 Å². The third-order valence-corrected chi connectivity index (χ3v) is 8.35. The molecule has 3 aliphatic carbocycles. The van der Waals surface area contributed by atoms with Crippen LogP contribution in [0.4, 0.5) is 0 Å². The summed E-state index contributed by atoms with van der Waals surface area (Å²) in [5.41, 5.74) is 0.518. The molecular weight excluding hydrogens is 392 g/mol. The van der Waals surface area contributed by atoms with Crippen LogP contribution in [-0.4, -0.2) is 63.0 Å². The van der Waals surface area contributed by atoms with Crippen LogP contribution in [-0.2, 0) is 16.6 Å². The van der Waals surface area contributed by atoms with Crippen molar-refractivity contribution in [1.29, 1.82) is 0 Å². The Labute approximate surface area is 184 Å². The van der Waals surface area contributed by atoms with Gasteiger partial charge in [-0.1, -0.05) is 19.9 Å². The topological polar surface area (TPSA) is 93.0 Å². The third-order valence-electron chi connectivity index (χ3n) is 8.35. The highest BCUT2D eigenvalue weighted by molar-refractivity contribution is 5.76. The van der Waals surface area contributed by atoms with Gasteiger partial charge < -0.3 is 20.6 Å². The van der Waals surface area contributed by atoms with Crippen molar-refractivity contribution in [3.05, 3.63) is 29.3 Å². The van der Waals surface area contributed by atoms with Crippen LogP contribution in [0.15, 0.2) is 18.2 Å². The first kappa shape index (κ1) is 21.2. The summed E-state index contributed by atoms with van der Waals surface area (Å²) in [5, 5.41) is 36.8. The van der Waals surface area contributed by atoms with E-state index in [1.54, 1.807) is 12.1 Å². The number of nitrogens with zero attached hydrogens (tertiary/aromatic N) is 1. The Morgan fingerprint density at radius 3 is 2.77 bits per heavy atom. The number of phenols is 1. The molecule has 6 heteroatoms. The maximum Gasteiger partial charge on any atom is 0.220 e. The molecule has 4 aliphatic rings. The van der Waals surface area contributed by atoms with Gasteiger partial charge in [-0.05, 0) is 73.7 Å². The van der Waals surface area contributed by atoms with E-state index in [0.29, 0.717) is 19.3 Å². The summed E-state index contributed by atoms with van der Waals surface area (Å²) < 4.78 is 0. The number of piperidine rings is 1. The molecule has 1 aromatic rings. The van der Waals surface area contributed by atoms with E-state index in [1.165, 1.54) is 18.4 Å². The minimum Gasteiger partial charge on any atom is -0.508 e. The average Bonchev–Trinajstić information content (AvgIpc) is 3.49. The van der Waals surface area contributed by atoms with Gasteiger partial charge in [-0.2, -0.15) is 0 Å². The smallest absolute Gasteiger partial charge is 0.220 e. The molecule has 0 aromatic heterocycles. The molecule has 2 saturated carbocycles. The summed E-state index contributed by atoms with van der Waals surface area (Å²) in [5.74, 6) is 1.12. The van der Waals surface area contributed by atoms with Crippen LogP contribution in [0.25, 0.3) is 0 Å². The number of hydrogen-bond donors (Lipinski definition) is 4. The number of aliphatic hydroxyl groups excluding tert-OH is 1. The van der Waals surface area contributed by atoms with Crippen molar-refractivity contribution in [2.24, 2.45) is 11.8 Å². The zero-order valence-electron chi connectivity index (χ0n) is 18.7. The van der Waals surface area contributed by atoms with Gasteiger partial charge in [0.05, 0.1) is 17.7 Å². The number of nitrogens with one attached hydrogen (secondary N) is 1. The van der Waals surface area contributed by atoms with Crippen molar-refractivity contribution in [1.82, 2.24) is 10.2 Å². The number of likely N-dealkylation sites (tertiary alicyclic amines) is 1. The van der Waals surface area contributed by atoms with Crippen molar-refractivity contribution in [2.45, 2.75) is 88.0 Å². The molecule has 1 saturated heterocycles. The van der Waals surface area contributed by atoms with Gasteiger partial charge in [0.25, 0.3) is 0 Å². The van der Waals surface area contributed by atoms with E-state index in [2.05, 4.69) is 10.2 Å². The first-order chi connectivity index (χ1) is 14.7. The molecule has 0 radical (unpaired) electrons. The second-order valence-electron chi connectivity index (χ2n) is 11.0. The fourth-order valence-corrected chi connectivity index (χ4v) is 6.71. The molecule has 1 unspecified atom stereocenters. The highest BCUT2D eigenvalue weighted by Crippen LogP contribution is 2.58. The van der Waals surface area contributed by atoms with E-state index >= 15 is 0 Å². The lowest BCUT2D eigenvalue weighted by molar-refractivity contribution is -0.190. The van der Waals surface area contributed by atoms with Crippen LogP contribution in [0.2, 0.25) is 0 Å². The number of hydrogen-bond acceptors (Lipinski definition) is 5. The lowest BCUT2D eigenvalue weighted by Crippen LogP contribution is -2.76. The van der Waals surface area contributed by atoms with E-state index in [9.17, 15) is 20.1 Å². The summed E-state index contributed by atoms with van der Waals surface area (Å²) in [6.45, 7) is 5.92. The van der Waals surface area contributed by atoms with Crippen molar-refractivity contribution < 1.29 is 20.1 Å². The predicted molar refractivity (Wildman–Crippen MR) is 118 cm³/mol. The molecular formula is C25H36N2O4. The van der Waals surface area contributed by atoms with Gasteiger partial charge in [0, 0.05) is 30.8 Å². The molecule has 5 atom stereocenters. The standard InChI is InChI=1S/C25H36N2O4/c1-15(2)9-23(30)26-20-12-25(31)22-10-17-5-6-18(28)11-19(17)24(25,13-21(20)29)7-8-27(22)14-16-3-4-16/h5-6,11,15-16,20-22,28-29,31H,3-4,7-10,12-14H2,1-2H3,(H,26,30)/t20-,21+,22+,24?,25+/m0/s1. The Balaban J connectivity index is 1.52. The number of amides is 1. The minimum atomic E-state index is -1.05. The lowest BCUT2D eigenvalue weighted by atomic mass is 9.48. The van der Waals surface area contributed by atoms with E-state index in [4.69, 9.17) is 0 Å². The second-order valence-corrected chi connectivity index (χ2v) is 11.0. The van der Waals surface area contributed by atoms with E-state index in [1.807, 2.05) is 19.9 Å². The largest absolute Gasteiger partial charge is 0.508 e.